The number of carbonyl (C=O) groups is 2. The molecule has 5 heteroatoms. The van der Waals surface area contributed by atoms with E-state index in [4.69, 9.17) is 9.47 Å². The topological polar surface area (TPSA) is 64.6 Å². The Morgan fingerprint density at radius 1 is 1.04 bits per heavy atom. The van der Waals surface area contributed by atoms with Gasteiger partial charge in [-0.15, -0.1) is 0 Å². The zero-order valence-corrected chi connectivity index (χ0v) is 15.4. The Hall–Kier alpha value is -2.82. The lowest BCUT2D eigenvalue weighted by Crippen LogP contribution is -2.32. The van der Waals surface area contributed by atoms with Crippen LogP contribution >= 0.6 is 0 Å². The quantitative estimate of drug-likeness (QED) is 0.735. The van der Waals surface area contributed by atoms with Gasteiger partial charge in [-0.1, -0.05) is 55.5 Å². The summed E-state index contributed by atoms with van der Waals surface area (Å²) in [6.07, 6.45) is 0.613. The van der Waals surface area contributed by atoms with Crippen LogP contribution in [0.1, 0.15) is 43.4 Å². The summed E-state index contributed by atoms with van der Waals surface area (Å²) in [5.74, 6) is -0.401. The number of ether oxygens (including phenoxy) is 2. The lowest BCUT2D eigenvalue weighted by atomic mass is 9.97. The molecule has 2 aromatic carbocycles. The molecule has 0 saturated carbocycles. The molecule has 5 nitrogen and oxygen atoms in total. The Balaban J connectivity index is 1.90. The first-order valence-electron chi connectivity index (χ1n) is 8.70. The highest BCUT2D eigenvalue weighted by Crippen LogP contribution is 2.24. The molecule has 0 fully saturated rings. The maximum atomic E-state index is 12.3. The van der Waals surface area contributed by atoms with E-state index in [0.717, 1.165) is 11.1 Å². The first kappa shape index (κ1) is 19.5. The first-order chi connectivity index (χ1) is 12.6. The van der Waals surface area contributed by atoms with Crippen LogP contribution in [0.3, 0.4) is 0 Å². The van der Waals surface area contributed by atoms with Gasteiger partial charge in [0.05, 0.1) is 19.1 Å². The normalized spacial score (nSPS) is 12.7. The van der Waals surface area contributed by atoms with E-state index in [1.165, 1.54) is 0 Å². The summed E-state index contributed by atoms with van der Waals surface area (Å²) in [6, 6.07) is 16.7. The Labute approximate surface area is 154 Å². The number of nitrogens with one attached hydrogen (secondary N) is 1. The van der Waals surface area contributed by atoms with Crippen molar-refractivity contribution in [1.82, 2.24) is 5.32 Å². The number of para-hydroxylation sites is 1. The van der Waals surface area contributed by atoms with Crippen LogP contribution in [0.25, 0.3) is 0 Å². The van der Waals surface area contributed by atoms with Crippen LogP contribution in [-0.2, 0) is 14.3 Å². The van der Waals surface area contributed by atoms with Gasteiger partial charge in [-0.25, -0.2) is 0 Å². The molecule has 0 saturated heterocycles. The van der Waals surface area contributed by atoms with Gasteiger partial charge in [0, 0.05) is 5.56 Å². The molecule has 0 radical (unpaired) electrons. The lowest BCUT2D eigenvalue weighted by Gasteiger charge is -2.18. The monoisotopic (exact) mass is 355 g/mol. The van der Waals surface area contributed by atoms with Crippen LogP contribution in [-0.4, -0.2) is 25.6 Å². The Morgan fingerprint density at radius 2 is 1.69 bits per heavy atom. The zero-order valence-electron chi connectivity index (χ0n) is 15.4. The summed E-state index contributed by atoms with van der Waals surface area (Å²) in [6.45, 7) is 3.47. The predicted octanol–water partition coefficient (Wildman–Crippen LogP) is 3.61. The number of methoxy groups -OCH3 is 1. The van der Waals surface area contributed by atoms with Crippen LogP contribution < -0.4 is 10.1 Å². The molecule has 2 rings (SSSR count). The van der Waals surface area contributed by atoms with Crippen molar-refractivity contribution in [3.63, 3.8) is 0 Å². The van der Waals surface area contributed by atoms with Gasteiger partial charge in [0.2, 0.25) is 0 Å². The Kier molecular flexibility index (Phi) is 7.21. The summed E-state index contributed by atoms with van der Waals surface area (Å²) >= 11 is 0. The van der Waals surface area contributed by atoms with Crippen molar-refractivity contribution in [3.8, 4) is 5.75 Å². The Bertz CT molecular complexity index is 730. The average molecular weight is 355 g/mol. The smallest absolute Gasteiger partial charge is 0.313 e. The van der Waals surface area contributed by atoms with Gasteiger partial charge < -0.3 is 14.8 Å². The fraction of sp³-hybridized carbons (Fsp3) is 0.333. The number of hydrogen-bond acceptors (Lipinski definition) is 4. The molecule has 0 aromatic heterocycles. The van der Waals surface area contributed by atoms with Gasteiger partial charge in [0.1, 0.15) is 5.75 Å². The van der Waals surface area contributed by atoms with Gasteiger partial charge in [-0.3, -0.25) is 9.59 Å². The predicted molar refractivity (Wildman–Crippen MR) is 100.0 cm³/mol. The molecule has 0 spiro atoms. The average Bonchev–Trinajstić information content (AvgIpc) is 2.67. The molecular weight excluding hydrogens is 330 g/mol. The minimum Gasteiger partial charge on any atom is -0.496 e. The van der Waals surface area contributed by atoms with Crippen molar-refractivity contribution in [3.05, 3.63) is 65.7 Å². The summed E-state index contributed by atoms with van der Waals surface area (Å²) < 4.78 is 10.5. The first-order valence-corrected chi connectivity index (χ1v) is 8.70. The van der Waals surface area contributed by atoms with E-state index < -0.39 is 5.97 Å². The number of rotatable bonds is 8. The summed E-state index contributed by atoms with van der Waals surface area (Å²) in [7, 11) is 1.59. The maximum absolute atomic E-state index is 12.3. The van der Waals surface area contributed by atoms with Gasteiger partial charge in [-0.2, -0.15) is 0 Å². The summed E-state index contributed by atoms with van der Waals surface area (Å²) in [5, 5.41) is 2.83. The van der Waals surface area contributed by atoms with Gasteiger partial charge >= 0.3 is 5.97 Å². The number of hydrogen-bond donors (Lipinski definition) is 1. The third-order valence-electron chi connectivity index (χ3n) is 4.22. The molecule has 1 N–H and O–H groups in total. The van der Waals surface area contributed by atoms with Crippen LogP contribution in [0, 0.1) is 0 Å². The highest BCUT2D eigenvalue weighted by atomic mass is 16.5. The fourth-order valence-electron chi connectivity index (χ4n) is 2.85. The number of carbonyl (C=O) groups excluding carboxylic acids is 2. The molecular formula is C21H25NO4. The Morgan fingerprint density at radius 3 is 2.35 bits per heavy atom. The highest BCUT2D eigenvalue weighted by molar-refractivity contribution is 5.83. The van der Waals surface area contributed by atoms with E-state index in [0.29, 0.717) is 12.2 Å². The summed E-state index contributed by atoms with van der Waals surface area (Å²) in [5.41, 5.74) is 1.76. The third-order valence-corrected chi connectivity index (χ3v) is 4.22. The SMILES string of the molecule is CCC(C(=O)OCC(=O)NC(C)c1ccccc1OC)c1ccccc1. The van der Waals surface area contributed by atoms with Crippen molar-refractivity contribution in [1.29, 1.82) is 0 Å². The molecule has 26 heavy (non-hydrogen) atoms. The van der Waals surface area contributed by atoms with Gasteiger partial charge in [0.25, 0.3) is 5.91 Å². The molecule has 0 aliphatic rings. The van der Waals surface area contributed by atoms with Crippen molar-refractivity contribution in [2.45, 2.75) is 32.2 Å². The second kappa shape index (κ2) is 9.61. The summed E-state index contributed by atoms with van der Waals surface area (Å²) in [4.78, 5) is 24.5. The van der Waals surface area contributed by atoms with Crippen LogP contribution in [0.15, 0.2) is 54.6 Å². The number of esters is 1. The van der Waals surface area contributed by atoms with Gasteiger partial charge in [-0.05, 0) is 25.0 Å². The molecule has 0 aliphatic carbocycles. The number of amides is 1. The van der Waals surface area contributed by atoms with Crippen molar-refractivity contribution < 1.29 is 19.1 Å². The zero-order chi connectivity index (χ0) is 18.9. The van der Waals surface area contributed by atoms with Crippen molar-refractivity contribution >= 4 is 11.9 Å². The van der Waals surface area contributed by atoms with Crippen molar-refractivity contribution in [2.24, 2.45) is 0 Å². The standard InChI is InChI=1S/C21H25NO4/c1-4-17(16-10-6-5-7-11-16)21(24)26-14-20(23)22-15(2)18-12-8-9-13-19(18)25-3/h5-13,15,17H,4,14H2,1-3H3,(H,22,23). The van der Waals surface area contributed by atoms with Crippen LogP contribution in [0.4, 0.5) is 0 Å². The largest absolute Gasteiger partial charge is 0.496 e. The fourth-order valence-corrected chi connectivity index (χ4v) is 2.85. The minimum absolute atomic E-state index is 0.256. The molecule has 0 aliphatic heterocycles. The molecule has 0 heterocycles. The number of benzene rings is 2. The van der Waals surface area contributed by atoms with Crippen LogP contribution in [0.5, 0.6) is 5.75 Å². The molecule has 138 valence electrons. The van der Waals surface area contributed by atoms with Crippen molar-refractivity contribution in [2.75, 3.05) is 13.7 Å². The molecule has 1 amide bonds. The van der Waals surface area contributed by atoms with Crippen LogP contribution in [0.2, 0.25) is 0 Å². The molecule has 0 bridgehead atoms. The highest BCUT2D eigenvalue weighted by Gasteiger charge is 2.21. The van der Waals surface area contributed by atoms with E-state index in [9.17, 15) is 9.59 Å². The molecule has 2 atom stereocenters. The van der Waals surface area contributed by atoms with Gasteiger partial charge in [0.15, 0.2) is 6.61 Å². The molecule has 2 aromatic rings. The van der Waals surface area contributed by atoms with E-state index in [1.54, 1.807) is 7.11 Å². The van der Waals surface area contributed by atoms with E-state index >= 15 is 0 Å². The molecule has 2 unspecified atom stereocenters. The van der Waals surface area contributed by atoms with E-state index in [1.807, 2.05) is 68.4 Å². The minimum atomic E-state index is -0.390. The second-order valence-corrected chi connectivity index (χ2v) is 6.01. The van der Waals surface area contributed by atoms with E-state index in [-0.39, 0.29) is 24.5 Å². The lowest BCUT2D eigenvalue weighted by molar-refractivity contribution is -0.150. The van der Waals surface area contributed by atoms with E-state index in [2.05, 4.69) is 5.32 Å². The second-order valence-electron chi connectivity index (χ2n) is 6.01. The maximum Gasteiger partial charge on any atom is 0.313 e. The third kappa shape index (κ3) is 5.09.